The van der Waals surface area contributed by atoms with E-state index < -0.39 is 12.4 Å². The summed E-state index contributed by atoms with van der Waals surface area (Å²) in [5, 5.41) is 35.8. The molecule has 1 saturated heterocycles. The number of phenols is 1. The van der Waals surface area contributed by atoms with E-state index in [1.54, 1.807) is 24.3 Å². The first-order valence-electron chi connectivity index (χ1n) is 14.7. The van der Waals surface area contributed by atoms with E-state index in [2.05, 4.69) is 10.6 Å². The minimum atomic E-state index is -0.777. The normalized spacial score (nSPS) is 19.0. The maximum atomic E-state index is 12.6. The fourth-order valence-corrected chi connectivity index (χ4v) is 5.30. The van der Waals surface area contributed by atoms with Gasteiger partial charge in [0.25, 0.3) is 0 Å². The van der Waals surface area contributed by atoms with Gasteiger partial charge >= 0.3 is 6.03 Å². The molecule has 0 radical (unpaired) electrons. The van der Waals surface area contributed by atoms with Gasteiger partial charge in [0.05, 0.1) is 24.9 Å². The number of hydrogen-bond acceptors (Lipinski definition) is 7. The molecule has 4 atom stereocenters. The number of likely N-dealkylation sites (N-methyl/N-ethyl adjacent to an activating group) is 1. The number of benzene rings is 4. The van der Waals surface area contributed by atoms with Crippen molar-refractivity contribution in [2.75, 3.05) is 25.5 Å². The molecule has 0 spiro atoms. The third kappa shape index (κ3) is 8.66. The maximum Gasteiger partial charge on any atom is 0.319 e. The summed E-state index contributed by atoms with van der Waals surface area (Å²) >= 11 is 0. The lowest BCUT2D eigenvalue weighted by molar-refractivity contribution is -0.252. The van der Waals surface area contributed by atoms with Crippen molar-refractivity contribution < 1.29 is 29.6 Å². The van der Waals surface area contributed by atoms with E-state index in [0.29, 0.717) is 37.3 Å². The van der Waals surface area contributed by atoms with Gasteiger partial charge in [-0.05, 0) is 53.6 Å². The SMILES string of the molecule is CN(CC1CC(c2ccc(CO)cc2)OC(c2cccc(NC(=O)NCc3ccccc3)c2)O1)CC(O)c1cccc(O)c1. The van der Waals surface area contributed by atoms with Crippen LogP contribution in [-0.4, -0.2) is 52.5 Å². The molecular formula is C35H39N3O6. The van der Waals surface area contributed by atoms with E-state index in [-0.39, 0.29) is 30.6 Å². The summed E-state index contributed by atoms with van der Waals surface area (Å²) in [6, 6.07) is 31.1. The lowest BCUT2D eigenvalue weighted by atomic mass is 9.99. The molecule has 1 fully saturated rings. The van der Waals surface area contributed by atoms with E-state index in [4.69, 9.17) is 9.47 Å². The molecule has 1 aliphatic heterocycles. The Morgan fingerprint density at radius 2 is 1.68 bits per heavy atom. The van der Waals surface area contributed by atoms with Crippen LogP contribution in [0.4, 0.5) is 10.5 Å². The van der Waals surface area contributed by atoms with Crippen molar-refractivity contribution in [3.05, 3.63) is 131 Å². The van der Waals surface area contributed by atoms with Gasteiger partial charge in [-0.25, -0.2) is 4.79 Å². The predicted octanol–water partition coefficient (Wildman–Crippen LogP) is 5.42. The smallest absolute Gasteiger partial charge is 0.319 e. The van der Waals surface area contributed by atoms with Crippen LogP contribution in [0, 0.1) is 0 Å². The second-order valence-corrected chi connectivity index (χ2v) is 11.1. The Morgan fingerprint density at radius 1 is 0.909 bits per heavy atom. The Balaban J connectivity index is 1.28. The molecule has 0 aromatic heterocycles. The van der Waals surface area contributed by atoms with Crippen LogP contribution in [0.1, 0.15) is 52.7 Å². The number of aliphatic hydroxyl groups excluding tert-OH is 2. The van der Waals surface area contributed by atoms with Crippen LogP contribution in [0.3, 0.4) is 0 Å². The van der Waals surface area contributed by atoms with Crippen molar-refractivity contribution in [2.24, 2.45) is 0 Å². The number of nitrogens with zero attached hydrogens (tertiary/aromatic N) is 1. The first kappa shape index (κ1) is 31.2. The number of rotatable bonds is 11. The van der Waals surface area contributed by atoms with Crippen LogP contribution in [0.15, 0.2) is 103 Å². The maximum absolute atomic E-state index is 12.6. The molecule has 2 amide bonds. The van der Waals surface area contributed by atoms with E-state index in [1.807, 2.05) is 90.8 Å². The molecule has 9 heteroatoms. The zero-order valence-electron chi connectivity index (χ0n) is 24.7. The Hall–Kier alpha value is -4.25. The van der Waals surface area contributed by atoms with E-state index in [1.165, 1.54) is 0 Å². The predicted molar refractivity (Wildman–Crippen MR) is 168 cm³/mol. The highest BCUT2D eigenvalue weighted by Crippen LogP contribution is 2.38. The van der Waals surface area contributed by atoms with Gasteiger partial charge < -0.3 is 40.3 Å². The molecule has 44 heavy (non-hydrogen) atoms. The van der Waals surface area contributed by atoms with Crippen LogP contribution in [-0.2, 0) is 22.6 Å². The van der Waals surface area contributed by atoms with Gasteiger partial charge in [0, 0.05) is 37.3 Å². The average molecular weight is 598 g/mol. The third-order valence-corrected chi connectivity index (χ3v) is 7.58. The topological polar surface area (TPSA) is 124 Å². The Morgan fingerprint density at radius 3 is 2.43 bits per heavy atom. The second-order valence-electron chi connectivity index (χ2n) is 11.1. The number of carbonyl (C=O) groups excluding carboxylic acids is 1. The summed E-state index contributed by atoms with van der Waals surface area (Å²) in [6.45, 7) is 1.25. The van der Waals surface area contributed by atoms with Gasteiger partial charge in [-0.3, -0.25) is 0 Å². The van der Waals surface area contributed by atoms with Crippen LogP contribution < -0.4 is 10.6 Å². The lowest BCUT2D eigenvalue weighted by Crippen LogP contribution is -2.39. The van der Waals surface area contributed by atoms with Crippen molar-refractivity contribution in [1.82, 2.24) is 10.2 Å². The fraction of sp³-hybridized carbons (Fsp3) is 0.286. The van der Waals surface area contributed by atoms with E-state index in [9.17, 15) is 20.1 Å². The van der Waals surface area contributed by atoms with E-state index in [0.717, 1.165) is 22.3 Å². The molecule has 5 rings (SSSR count). The molecule has 0 aliphatic carbocycles. The van der Waals surface area contributed by atoms with Crippen molar-refractivity contribution in [1.29, 1.82) is 0 Å². The summed E-state index contributed by atoms with van der Waals surface area (Å²) < 4.78 is 12.9. The van der Waals surface area contributed by atoms with Gasteiger partial charge in [-0.15, -0.1) is 0 Å². The molecular weight excluding hydrogens is 558 g/mol. The molecule has 1 aliphatic rings. The minimum Gasteiger partial charge on any atom is -0.508 e. The molecule has 230 valence electrons. The average Bonchev–Trinajstić information content (AvgIpc) is 3.04. The highest BCUT2D eigenvalue weighted by atomic mass is 16.7. The number of anilines is 1. The van der Waals surface area contributed by atoms with Crippen LogP contribution in [0.5, 0.6) is 5.75 Å². The molecule has 4 unspecified atom stereocenters. The first-order valence-corrected chi connectivity index (χ1v) is 14.7. The van der Waals surface area contributed by atoms with Crippen molar-refractivity contribution >= 4 is 11.7 Å². The van der Waals surface area contributed by atoms with Gasteiger partial charge in [0.2, 0.25) is 0 Å². The summed E-state index contributed by atoms with van der Waals surface area (Å²) in [5.74, 6) is 0.111. The Labute approximate surface area is 257 Å². The first-order chi connectivity index (χ1) is 21.4. The van der Waals surface area contributed by atoms with Crippen LogP contribution in [0.2, 0.25) is 0 Å². The van der Waals surface area contributed by atoms with Gasteiger partial charge in [-0.2, -0.15) is 0 Å². The summed E-state index contributed by atoms with van der Waals surface area (Å²) in [5.41, 5.74) is 4.80. The number of aromatic hydroxyl groups is 1. The standard InChI is InChI=1S/C35H39N3O6/c1-38(22-32(41)27-9-6-12-30(40)18-27)21-31-19-33(26-15-13-25(23-39)14-16-26)44-34(43-31)28-10-5-11-29(17-28)37-35(42)36-20-24-7-3-2-4-8-24/h2-18,31-34,39-41H,19-23H2,1H3,(H2,36,37,42). The highest BCUT2D eigenvalue weighted by molar-refractivity contribution is 5.89. The molecule has 5 N–H and O–H groups in total. The Bertz CT molecular complexity index is 1500. The largest absolute Gasteiger partial charge is 0.508 e. The number of urea groups is 1. The molecule has 9 nitrogen and oxygen atoms in total. The Kier molecular flexibility index (Phi) is 10.6. The van der Waals surface area contributed by atoms with Gasteiger partial charge in [0.1, 0.15) is 5.75 Å². The molecule has 0 saturated carbocycles. The number of ether oxygens (including phenoxy) is 2. The number of nitrogens with one attached hydrogen (secondary N) is 2. The second kappa shape index (κ2) is 15.0. The van der Waals surface area contributed by atoms with Gasteiger partial charge in [0.15, 0.2) is 6.29 Å². The van der Waals surface area contributed by atoms with Crippen LogP contribution in [0.25, 0.3) is 0 Å². The lowest BCUT2D eigenvalue weighted by Gasteiger charge is -2.38. The monoisotopic (exact) mass is 597 g/mol. The summed E-state index contributed by atoms with van der Waals surface area (Å²) in [7, 11) is 1.92. The van der Waals surface area contributed by atoms with Crippen LogP contribution >= 0.6 is 0 Å². The molecule has 4 aromatic carbocycles. The number of aliphatic hydroxyl groups is 2. The van der Waals surface area contributed by atoms with Gasteiger partial charge in [-0.1, -0.05) is 78.9 Å². The molecule has 1 heterocycles. The summed E-state index contributed by atoms with van der Waals surface area (Å²) in [4.78, 5) is 14.6. The number of amides is 2. The van der Waals surface area contributed by atoms with Crippen molar-refractivity contribution in [3.8, 4) is 5.75 Å². The minimum absolute atomic E-state index is 0.0365. The summed E-state index contributed by atoms with van der Waals surface area (Å²) in [6.07, 6.45) is -1.40. The highest BCUT2D eigenvalue weighted by Gasteiger charge is 2.33. The van der Waals surface area contributed by atoms with Crippen molar-refractivity contribution in [2.45, 2.75) is 44.2 Å². The number of hydrogen-bond donors (Lipinski definition) is 5. The number of phenolic OH excluding ortho intramolecular Hbond substituents is 1. The molecule has 4 aromatic rings. The van der Waals surface area contributed by atoms with Crippen molar-refractivity contribution in [3.63, 3.8) is 0 Å². The zero-order chi connectivity index (χ0) is 30.9. The molecule has 0 bridgehead atoms. The quantitative estimate of drug-likeness (QED) is 0.157. The zero-order valence-corrected chi connectivity index (χ0v) is 24.7. The fourth-order valence-electron chi connectivity index (χ4n) is 5.30. The number of carbonyl (C=O) groups is 1. The van der Waals surface area contributed by atoms with E-state index >= 15 is 0 Å². The third-order valence-electron chi connectivity index (χ3n) is 7.58.